The largest absolute Gasteiger partial charge is 0.348 e. The van der Waals surface area contributed by atoms with Gasteiger partial charge >= 0.3 is 0 Å². The minimum absolute atomic E-state index is 0.249. The van der Waals surface area contributed by atoms with Crippen LogP contribution in [0.5, 0.6) is 0 Å². The van der Waals surface area contributed by atoms with Crippen LogP contribution in [0.25, 0.3) is 0 Å². The molecular weight excluding hydrogens is 314 g/mol. The van der Waals surface area contributed by atoms with Gasteiger partial charge in [0.2, 0.25) is 0 Å². The number of nitrogens with zero attached hydrogens (tertiary/aromatic N) is 1. The average molecular weight is 331 g/mol. The second-order valence-electron chi connectivity index (χ2n) is 5.38. The third-order valence-corrected chi connectivity index (χ3v) is 3.61. The molecule has 3 aromatic rings. The fourth-order valence-corrected chi connectivity index (χ4v) is 2.35. The number of carbonyl (C=O) groups excluding carboxylic acids is 2. The first kappa shape index (κ1) is 16.4. The Morgan fingerprint density at radius 3 is 2.28 bits per heavy atom. The predicted octanol–water partition coefficient (Wildman–Crippen LogP) is 3.26. The smallest absolute Gasteiger partial charge is 0.274 e. The number of para-hydroxylation sites is 1. The van der Waals surface area contributed by atoms with Gasteiger partial charge in [-0.05, 0) is 29.8 Å². The molecule has 3 rings (SSSR count). The fourth-order valence-electron chi connectivity index (χ4n) is 2.35. The maximum Gasteiger partial charge on any atom is 0.274 e. The van der Waals surface area contributed by atoms with Crippen LogP contribution in [0.15, 0.2) is 79.0 Å². The first-order chi connectivity index (χ1) is 12.2. The number of rotatable bonds is 5. The number of aromatic nitrogens is 1. The van der Waals surface area contributed by atoms with Crippen molar-refractivity contribution in [2.24, 2.45) is 0 Å². The fraction of sp³-hybridized carbons (Fsp3) is 0.0500. The minimum atomic E-state index is -0.357. The molecule has 2 aromatic carbocycles. The zero-order valence-electron chi connectivity index (χ0n) is 13.5. The van der Waals surface area contributed by atoms with E-state index in [1.54, 1.807) is 48.7 Å². The SMILES string of the molecule is O=C(Nc1ccccc1C(=O)NCc1ccccc1)c1ccccn1. The van der Waals surface area contributed by atoms with Crippen molar-refractivity contribution in [1.29, 1.82) is 0 Å². The van der Waals surface area contributed by atoms with Gasteiger partial charge in [-0.25, -0.2) is 0 Å². The van der Waals surface area contributed by atoms with Crippen molar-refractivity contribution >= 4 is 17.5 Å². The van der Waals surface area contributed by atoms with E-state index in [2.05, 4.69) is 15.6 Å². The highest BCUT2D eigenvalue weighted by Gasteiger charge is 2.14. The Morgan fingerprint density at radius 2 is 1.52 bits per heavy atom. The first-order valence-corrected chi connectivity index (χ1v) is 7.87. The highest BCUT2D eigenvalue weighted by molar-refractivity contribution is 6.08. The lowest BCUT2D eigenvalue weighted by atomic mass is 10.1. The minimum Gasteiger partial charge on any atom is -0.348 e. The number of carbonyl (C=O) groups is 2. The Bertz CT molecular complexity index is 864. The van der Waals surface area contributed by atoms with Gasteiger partial charge in [0.25, 0.3) is 11.8 Å². The summed E-state index contributed by atoms with van der Waals surface area (Å²) in [6, 6.07) is 21.6. The Balaban J connectivity index is 1.72. The van der Waals surface area contributed by atoms with E-state index < -0.39 is 0 Å². The van der Waals surface area contributed by atoms with E-state index in [0.717, 1.165) is 5.56 Å². The molecule has 2 N–H and O–H groups in total. The van der Waals surface area contributed by atoms with Crippen LogP contribution < -0.4 is 10.6 Å². The maximum atomic E-state index is 12.5. The predicted molar refractivity (Wildman–Crippen MR) is 96.2 cm³/mol. The van der Waals surface area contributed by atoms with Crippen molar-refractivity contribution in [2.45, 2.75) is 6.54 Å². The van der Waals surface area contributed by atoms with Gasteiger partial charge in [-0.3, -0.25) is 14.6 Å². The Morgan fingerprint density at radius 1 is 0.800 bits per heavy atom. The van der Waals surface area contributed by atoms with E-state index in [-0.39, 0.29) is 11.8 Å². The molecule has 0 aliphatic heterocycles. The highest BCUT2D eigenvalue weighted by atomic mass is 16.2. The van der Waals surface area contributed by atoms with Gasteiger partial charge in [-0.1, -0.05) is 48.5 Å². The lowest BCUT2D eigenvalue weighted by molar-refractivity contribution is 0.0952. The topological polar surface area (TPSA) is 71.1 Å². The summed E-state index contributed by atoms with van der Waals surface area (Å²) in [4.78, 5) is 28.8. The average Bonchev–Trinajstić information content (AvgIpc) is 2.68. The molecule has 0 bridgehead atoms. The molecule has 124 valence electrons. The molecule has 0 fully saturated rings. The van der Waals surface area contributed by atoms with Gasteiger partial charge < -0.3 is 10.6 Å². The molecule has 0 aliphatic carbocycles. The summed E-state index contributed by atoms with van der Waals surface area (Å²) < 4.78 is 0. The monoisotopic (exact) mass is 331 g/mol. The van der Waals surface area contributed by atoms with Crippen LogP contribution in [0, 0.1) is 0 Å². The zero-order valence-corrected chi connectivity index (χ0v) is 13.5. The van der Waals surface area contributed by atoms with E-state index in [0.29, 0.717) is 23.5 Å². The van der Waals surface area contributed by atoms with Gasteiger partial charge in [0.15, 0.2) is 0 Å². The molecule has 1 aromatic heterocycles. The number of pyridine rings is 1. The van der Waals surface area contributed by atoms with Gasteiger partial charge in [-0.15, -0.1) is 0 Å². The Kier molecular flexibility index (Phi) is 5.16. The lowest BCUT2D eigenvalue weighted by Crippen LogP contribution is -2.25. The van der Waals surface area contributed by atoms with Crippen LogP contribution in [0.4, 0.5) is 5.69 Å². The summed E-state index contributed by atoms with van der Waals surface area (Å²) in [6.45, 7) is 0.419. The molecule has 0 atom stereocenters. The van der Waals surface area contributed by atoms with E-state index >= 15 is 0 Å². The molecule has 0 saturated carbocycles. The molecule has 0 spiro atoms. The summed E-state index contributed by atoms with van der Waals surface area (Å²) in [6.07, 6.45) is 1.55. The first-order valence-electron chi connectivity index (χ1n) is 7.87. The quantitative estimate of drug-likeness (QED) is 0.754. The molecule has 0 aliphatic rings. The third-order valence-electron chi connectivity index (χ3n) is 3.61. The number of hydrogen-bond donors (Lipinski definition) is 2. The van der Waals surface area contributed by atoms with Crippen molar-refractivity contribution in [3.63, 3.8) is 0 Å². The molecule has 5 heteroatoms. The van der Waals surface area contributed by atoms with Crippen LogP contribution in [0.3, 0.4) is 0 Å². The molecule has 0 radical (unpaired) electrons. The number of benzene rings is 2. The van der Waals surface area contributed by atoms with Crippen molar-refractivity contribution in [2.75, 3.05) is 5.32 Å². The van der Waals surface area contributed by atoms with Crippen molar-refractivity contribution < 1.29 is 9.59 Å². The van der Waals surface area contributed by atoms with Crippen LogP contribution in [-0.4, -0.2) is 16.8 Å². The number of anilines is 1. The standard InChI is InChI=1S/C20H17N3O2/c24-19(22-14-15-8-2-1-3-9-15)16-10-4-5-11-17(16)23-20(25)18-12-6-7-13-21-18/h1-13H,14H2,(H,22,24)(H,23,25). The number of amides is 2. The lowest BCUT2D eigenvalue weighted by Gasteiger charge is -2.11. The zero-order chi connectivity index (χ0) is 17.5. The van der Waals surface area contributed by atoms with Crippen molar-refractivity contribution in [3.05, 3.63) is 95.8 Å². The molecule has 25 heavy (non-hydrogen) atoms. The summed E-state index contributed by atoms with van der Waals surface area (Å²) >= 11 is 0. The molecule has 0 saturated heterocycles. The summed E-state index contributed by atoms with van der Waals surface area (Å²) in [7, 11) is 0. The van der Waals surface area contributed by atoms with E-state index in [9.17, 15) is 9.59 Å². The third kappa shape index (κ3) is 4.29. The van der Waals surface area contributed by atoms with Gasteiger partial charge in [0.05, 0.1) is 11.3 Å². The van der Waals surface area contributed by atoms with E-state index in [4.69, 9.17) is 0 Å². The van der Waals surface area contributed by atoms with E-state index in [1.807, 2.05) is 30.3 Å². The van der Waals surface area contributed by atoms with E-state index in [1.165, 1.54) is 0 Å². The normalized spacial score (nSPS) is 10.1. The second kappa shape index (κ2) is 7.88. The number of nitrogens with one attached hydrogen (secondary N) is 2. The Hall–Kier alpha value is -3.47. The van der Waals surface area contributed by atoms with Gasteiger partial charge in [0, 0.05) is 12.7 Å². The van der Waals surface area contributed by atoms with Gasteiger partial charge in [0.1, 0.15) is 5.69 Å². The molecule has 5 nitrogen and oxygen atoms in total. The molecule has 0 unspecified atom stereocenters. The van der Waals surface area contributed by atoms with Crippen LogP contribution >= 0.6 is 0 Å². The highest BCUT2D eigenvalue weighted by Crippen LogP contribution is 2.16. The van der Waals surface area contributed by atoms with Crippen LogP contribution in [0.1, 0.15) is 26.4 Å². The number of hydrogen-bond acceptors (Lipinski definition) is 3. The summed E-state index contributed by atoms with van der Waals surface area (Å²) in [5.74, 6) is -0.607. The molecule has 2 amide bonds. The van der Waals surface area contributed by atoms with Crippen LogP contribution in [-0.2, 0) is 6.54 Å². The second-order valence-corrected chi connectivity index (χ2v) is 5.38. The van der Waals surface area contributed by atoms with Crippen LogP contribution in [0.2, 0.25) is 0 Å². The van der Waals surface area contributed by atoms with Crippen molar-refractivity contribution in [3.8, 4) is 0 Å². The maximum absolute atomic E-state index is 12.5. The molecule has 1 heterocycles. The summed E-state index contributed by atoms with van der Waals surface area (Å²) in [5.41, 5.74) is 2.15. The van der Waals surface area contributed by atoms with Crippen molar-refractivity contribution in [1.82, 2.24) is 10.3 Å². The van der Waals surface area contributed by atoms with Gasteiger partial charge in [-0.2, -0.15) is 0 Å². The molecular formula is C20H17N3O2. The Labute approximate surface area is 145 Å². The summed E-state index contributed by atoms with van der Waals surface area (Å²) in [5, 5.41) is 5.61.